The molecule has 0 atom stereocenters. The quantitative estimate of drug-likeness (QED) is 0.904. The largest absolute Gasteiger partial charge is 0.403 e. The Bertz CT molecular complexity index is 516. The van der Waals surface area contributed by atoms with Crippen molar-refractivity contribution in [2.75, 3.05) is 0 Å². The number of allylic oxidation sites excluding steroid dienone is 1. The van der Waals surface area contributed by atoms with E-state index >= 15 is 0 Å². The van der Waals surface area contributed by atoms with E-state index in [0.717, 1.165) is 24.2 Å². The van der Waals surface area contributed by atoms with E-state index in [1.807, 2.05) is 24.3 Å². The summed E-state index contributed by atoms with van der Waals surface area (Å²) in [4.78, 5) is 1.57. The van der Waals surface area contributed by atoms with E-state index in [1.165, 1.54) is 0 Å². The van der Waals surface area contributed by atoms with Crippen LogP contribution in [0.25, 0.3) is 5.69 Å². The lowest BCUT2D eigenvalue weighted by Gasteiger charge is -1.99. The first-order valence-corrected chi connectivity index (χ1v) is 5.63. The molecule has 0 amide bonds. The van der Waals surface area contributed by atoms with Crippen molar-refractivity contribution in [1.82, 2.24) is 15.0 Å². The molecular formula is C12H13ClN4. The van der Waals surface area contributed by atoms with Crippen LogP contribution in [-0.2, 0) is 6.42 Å². The second kappa shape index (κ2) is 5.01. The maximum atomic E-state index is 5.82. The van der Waals surface area contributed by atoms with Crippen LogP contribution in [0.3, 0.4) is 0 Å². The van der Waals surface area contributed by atoms with Crippen LogP contribution in [0.5, 0.6) is 0 Å². The first-order valence-electron chi connectivity index (χ1n) is 5.25. The molecule has 2 N–H and O–H groups in total. The molecule has 0 unspecified atom stereocenters. The Hall–Kier alpha value is -1.81. The Morgan fingerprint density at radius 3 is 2.71 bits per heavy atom. The van der Waals surface area contributed by atoms with Crippen molar-refractivity contribution in [2.45, 2.75) is 12.8 Å². The summed E-state index contributed by atoms with van der Waals surface area (Å²) in [7, 11) is 0. The lowest BCUT2D eigenvalue weighted by molar-refractivity contribution is 0.733. The minimum atomic E-state index is 0.658. The van der Waals surface area contributed by atoms with Gasteiger partial charge in [-0.2, -0.15) is 15.0 Å². The summed E-state index contributed by atoms with van der Waals surface area (Å²) in [6.07, 6.45) is 3.21. The maximum Gasteiger partial charge on any atom is 0.0857 e. The first-order chi connectivity index (χ1) is 8.15. The van der Waals surface area contributed by atoms with Crippen molar-refractivity contribution >= 4 is 11.6 Å². The number of hydrogen-bond donors (Lipinski definition) is 1. The fourth-order valence-electron chi connectivity index (χ4n) is 1.40. The van der Waals surface area contributed by atoms with Crippen molar-refractivity contribution < 1.29 is 0 Å². The van der Waals surface area contributed by atoms with Gasteiger partial charge in [-0.15, -0.1) is 0 Å². The molecule has 0 aliphatic rings. The molecule has 0 aliphatic heterocycles. The zero-order valence-corrected chi connectivity index (χ0v) is 10.1. The molecule has 1 aromatic carbocycles. The lowest BCUT2D eigenvalue weighted by Crippen LogP contribution is -2.00. The monoisotopic (exact) mass is 248 g/mol. The summed E-state index contributed by atoms with van der Waals surface area (Å²) in [5, 5.41) is 9.23. The molecule has 0 saturated heterocycles. The molecule has 0 bridgehead atoms. The van der Waals surface area contributed by atoms with Gasteiger partial charge in [-0.3, -0.25) is 0 Å². The molecule has 0 saturated carbocycles. The molecule has 88 valence electrons. The molecule has 0 spiro atoms. The van der Waals surface area contributed by atoms with Crippen LogP contribution in [0, 0.1) is 0 Å². The van der Waals surface area contributed by atoms with Crippen LogP contribution in [0.4, 0.5) is 0 Å². The van der Waals surface area contributed by atoms with E-state index in [4.69, 9.17) is 17.3 Å². The van der Waals surface area contributed by atoms with Gasteiger partial charge in [-0.05, 0) is 37.1 Å². The number of nitrogens with zero attached hydrogens (tertiary/aromatic N) is 3. The summed E-state index contributed by atoms with van der Waals surface area (Å²) in [5.74, 6) is 0. The molecule has 0 aliphatic carbocycles. The number of halogens is 1. The standard InChI is InChI=1S/C12H13ClN4/c1-9(14)2-5-11-8-15-17(16-11)12-6-3-10(13)4-7-12/h3-4,6-8H,1-2,5,14H2. The van der Waals surface area contributed by atoms with Crippen LogP contribution in [0.2, 0.25) is 5.02 Å². The van der Waals surface area contributed by atoms with Gasteiger partial charge >= 0.3 is 0 Å². The van der Waals surface area contributed by atoms with Gasteiger partial charge in [-0.1, -0.05) is 18.2 Å². The molecule has 0 fully saturated rings. The lowest BCUT2D eigenvalue weighted by atomic mass is 10.2. The summed E-state index contributed by atoms with van der Waals surface area (Å²) in [5.41, 5.74) is 7.95. The minimum absolute atomic E-state index is 0.658. The molecule has 0 radical (unpaired) electrons. The Kier molecular flexibility index (Phi) is 3.44. The predicted octanol–water partition coefficient (Wildman–Crippen LogP) is 2.33. The van der Waals surface area contributed by atoms with Crippen LogP contribution in [0.15, 0.2) is 42.7 Å². The average Bonchev–Trinajstić information content (AvgIpc) is 2.76. The van der Waals surface area contributed by atoms with E-state index in [2.05, 4.69) is 16.8 Å². The van der Waals surface area contributed by atoms with E-state index < -0.39 is 0 Å². The molecule has 1 aromatic heterocycles. The van der Waals surface area contributed by atoms with Crippen molar-refractivity contribution in [2.24, 2.45) is 5.73 Å². The zero-order valence-electron chi connectivity index (χ0n) is 9.31. The van der Waals surface area contributed by atoms with Crippen LogP contribution in [-0.4, -0.2) is 15.0 Å². The number of hydrogen-bond acceptors (Lipinski definition) is 3. The van der Waals surface area contributed by atoms with Crippen LogP contribution < -0.4 is 5.73 Å². The van der Waals surface area contributed by atoms with E-state index in [-0.39, 0.29) is 0 Å². The third-order valence-electron chi connectivity index (χ3n) is 2.30. The van der Waals surface area contributed by atoms with Crippen molar-refractivity contribution in [3.63, 3.8) is 0 Å². The third-order valence-corrected chi connectivity index (χ3v) is 2.55. The fraction of sp³-hybridized carbons (Fsp3) is 0.167. The number of rotatable bonds is 4. The molecular weight excluding hydrogens is 236 g/mol. The summed E-state index contributed by atoms with van der Waals surface area (Å²) in [6.45, 7) is 3.65. The second-order valence-corrected chi connectivity index (χ2v) is 4.20. The number of aromatic nitrogens is 3. The molecule has 2 rings (SSSR count). The Morgan fingerprint density at radius 1 is 1.35 bits per heavy atom. The second-order valence-electron chi connectivity index (χ2n) is 3.76. The Morgan fingerprint density at radius 2 is 2.06 bits per heavy atom. The number of aryl methyl sites for hydroxylation is 1. The fourth-order valence-corrected chi connectivity index (χ4v) is 1.52. The van der Waals surface area contributed by atoms with E-state index in [0.29, 0.717) is 10.7 Å². The van der Waals surface area contributed by atoms with Crippen molar-refractivity contribution in [1.29, 1.82) is 0 Å². The highest BCUT2D eigenvalue weighted by molar-refractivity contribution is 6.30. The van der Waals surface area contributed by atoms with Crippen molar-refractivity contribution in [3.8, 4) is 5.69 Å². The summed E-state index contributed by atoms with van der Waals surface area (Å²) >= 11 is 5.82. The van der Waals surface area contributed by atoms with Crippen LogP contribution >= 0.6 is 11.6 Å². The molecule has 4 nitrogen and oxygen atoms in total. The number of benzene rings is 1. The molecule has 1 heterocycles. The normalized spacial score (nSPS) is 10.4. The summed E-state index contributed by atoms with van der Waals surface area (Å²) < 4.78 is 0. The highest BCUT2D eigenvalue weighted by Crippen LogP contribution is 2.12. The van der Waals surface area contributed by atoms with Gasteiger partial charge in [0.2, 0.25) is 0 Å². The average molecular weight is 249 g/mol. The third kappa shape index (κ3) is 3.07. The van der Waals surface area contributed by atoms with E-state index in [9.17, 15) is 0 Å². The highest BCUT2D eigenvalue weighted by atomic mass is 35.5. The summed E-state index contributed by atoms with van der Waals surface area (Å²) in [6, 6.07) is 7.35. The van der Waals surface area contributed by atoms with Gasteiger partial charge in [0.25, 0.3) is 0 Å². The topological polar surface area (TPSA) is 56.7 Å². The molecule has 2 aromatic rings. The molecule has 5 heteroatoms. The zero-order chi connectivity index (χ0) is 12.3. The van der Waals surface area contributed by atoms with Crippen molar-refractivity contribution in [3.05, 3.63) is 53.5 Å². The highest BCUT2D eigenvalue weighted by Gasteiger charge is 2.03. The van der Waals surface area contributed by atoms with Gasteiger partial charge in [0.05, 0.1) is 17.6 Å². The molecule has 17 heavy (non-hydrogen) atoms. The Balaban J connectivity index is 2.12. The maximum absolute atomic E-state index is 5.82. The smallest absolute Gasteiger partial charge is 0.0857 e. The first kappa shape index (κ1) is 11.7. The van der Waals surface area contributed by atoms with Gasteiger partial charge < -0.3 is 5.73 Å². The Labute approximate surface area is 105 Å². The minimum Gasteiger partial charge on any atom is -0.403 e. The predicted molar refractivity (Wildman–Crippen MR) is 68.0 cm³/mol. The van der Waals surface area contributed by atoms with Gasteiger partial charge in [0.15, 0.2) is 0 Å². The van der Waals surface area contributed by atoms with Gasteiger partial charge in [-0.25, -0.2) is 0 Å². The van der Waals surface area contributed by atoms with Crippen LogP contribution in [0.1, 0.15) is 12.1 Å². The van der Waals surface area contributed by atoms with Gasteiger partial charge in [0, 0.05) is 10.7 Å². The SMILES string of the molecule is C=C(N)CCc1cnn(-c2ccc(Cl)cc2)n1. The number of nitrogens with two attached hydrogens (primary N) is 1. The van der Waals surface area contributed by atoms with E-state index in [1.54, 1.807) is 11.0 Å². The van der Waals surface area contributed by atoms with Gasteiger partial charge in [0.1, 0.15) is 0 Å².